The van der Waals surface area contributed by atoms with E-state index in [1.54, 1.807) is 26.4 Å². The zero-order chi connectivity index (χ0) is 25.5. The summed E-state index contributed by atoms with van der Waals surface area (Å²) in [7, 11) is 3.16. The smallest absolute Gasteiger partial charge is 0.235 e. The maximum Gasteiger partial charge on any atom is 0.235 e. The van der Waals surface area contributed by atoms with Gasteiger partial charge < -0.3 is 14.8 Å². The van der Waals surface area contributed by atoms with Crippen LogP contribution >= 0.6 is 0 Å². The van der Waals surface area contributed by atoms with Crippen LogP contribution in [0.1, 0.15) is 25.8 Å². The van der Waals surface area contributed by atoms with Gasteiger partial charge in [-0.25, -0.2) is 4.39 Å². The second-order valence-corrected chi connectivity index (χ2v) is 9.49. The summed E-state index contributed by atoms with van der Waals surface area (Å²) >= 11 is 0. The number of carbonyl (C=O) groups excluding carboxylic acids is 1. The number of anilines is 1. The van der Waals surface area contributed by atoms with Gasteiger partial charge in [-0.05, 0) is 70.1 Å². The van der Waals surface area contributed by atoms with Crippen LogP contribution in [0.2, 0.25) is 0 Å². The van der Waals surface area contributed by atoms with Gasteiger partial charge in [-0.3, -0.25) is 4.79 Å². The summed E-state index contributed by atoms with van der Waals surface area (Å²) in [6.07, 6.45) is 0.666. The molecule has 36 heavy (non-hydrogen) atoms. The van der Waals surface area contributed by atoms with E-state index in [1.807, 2.05) is 50.2 Å². The number of ether oxygens (including phenoxy) is 2. The first-order chi connectivity index (χ1) is 17.3. The van der Waals surface area contributed by atoms with Gasteiger partial charge in [0.25, 0.3) is 0 Å². The number of hydrogen-bond acceptors (Lipinski definition) is 6. The van der Waals surface area contributed by atoms with Crippen molar-refractivity contribution >= 4 is 11.6 Å². The number of hydrogen-bond donors (Lipinski definition) is 2. The lowest BCUT2D eigenvalue weighted by atomic mass is 9.87. The van der Waals surface area contributed by atoms with Crippen molar-refractivity contribution in [2.24, 2.45) is 5.41 Å². The van der Waals surface area contributed by atoms with Gasteiger partial charge in [0.05, 0.1) is 19.6 Å². The average molecular weight is 488 g/mol. The van der Waals surface area contributed by atoms with Crippen molar-refractivity contribution in [1.82, 2.24) is 20.6 Å². The quantitative estimate of drug-likeness (QED) is 0.381. The van der Waals surface area contributed by atoms with E-state index in [-0.39, 0.29) is 17.1 Å². The summed E-state index contributed by atoms with van der Waals surface area (Å²) in [5.41, 5.74) is 2.76. The normalized spacial score (nSPS) is 17.9. The number of halogens is 1. The van der Waals surface area contributed by atoms with Crippen molar-refractivity contribution in [2.75, 3.05) is 19.5 Å². The highest BCUT2D eigenvalue weighted by Crippen LogP contribution is 2.64. The van der Waals surface area contributed by atoms with Crippen molar-refractivity contribution < 1.29 is 18.7 Å². The zero-order valence-corrected chi connectivity index (χ0v) is 20.4. The van der Waals surface area contributed by atoms with Crippen molar-refractivity contribution in [3.63, 3.8) is 0 Å². The highest BCUT2D eigenvalue weighted by molar-refractivity contribution is 6.03. The summed E-state index contributed by atoms with van der Waals surface area (Å²) in [6, 6.07) is 17.3. The second kappa shape index (κ2) is 8.75. The Bertz CT molecular complexity index is 1420. The molecule has 0 spiro atoms. The van der Waals surface area contributed by atoms with E-state index in [4.69, 9.17) is 9.47 Å². The van der Waals surface area contributed by atoms with E-state index in [9.17, 15) is 9.18 Å². The molecule has 1 heterocycles. The van der Waals surface area contributed by atoms with E-state index in [1.165, 1.54) is 12.1 Å². The molecule has 5 rings (SSSR count). The van der Waals surface area contributed by atoms with Gasteiger partial charge in [0.1, 0.15) is 5.82 Å². The number of benzene rings is 3. The first kappa shape index (κ1) is 23.5. The molecule has 1 unspecified atom stereocenters. The van der Waals surface area contributed by atoms with E-state index in [2.05, 4.69) is 25.9 Å². The minimum absolute atomic E-state index is 0.142. The predicted octanol–water partition coefficient (Wildman–Crippen LogP) is 5.00. The molecule has 1 amide bonds. The monoisotopic (exact) mass is 487 g/mol. The number of H-pyrrole nitrogens is 1. The second-order valence-electron chi connectivity index (χ2n) is 9.49. The Labute approximate surface area is 207 Å². The third kappa shape index (κ3) is 3.86. The molecule has 0 saturated heterocycles. The number of nitrogens with one attached hydrogen (secondary N) is 2. The van der Waals surface area contributed by atoms with Crippen LogP contribution in [-0.4, -0.2) is 40.8 Å². The zero-order valence-electron chi connectivity index (χ0n) is 20.4. The van der Waals surface area contributed by atoms with Gasteiger partial charge in [-0.15, -0.1) is 10.2 Å². The predicted molar refractivity (Wildman–Crippen MR) is 133 cm³/mol. The van der Waals surface area contributed by atoms with E-state index < -0.39 is 5.41 Å². The van der Waals surface area contributed by atoms with Crippen LogP contribution in [0.3, 0.4) is 0 Å². The van der Waals surface area contributed by atoms with E-state index in [0.717, 1.165) is 16.7 Å². The molecular weight excluding hydrogens is 461 g/mol. The molecule has 1 atom stereocenters. The molecule has 4 aromatic rings. The molecule has 1 saturated carbocycles. The van der Waals surface area contributed by atoms with Crippen LogP contribution < -0.4 is 14.8 Å². The Morgan fingerprint density at radius 2 is 1.69 bits per heavy atom. The first-order valence-corrected chi connectivity index (χ1v) is 11.5. The van der Waals surface area contributed by atoms with Crippen LogP contribution in [-0.2, 0) is 10.2 Å². The van der Waals surface area contributed by atoms with Crippen LogP contribution in [0.25, 0.3) is 22.5 Å². The first-order valence-electron chi connectivity index (χ1n) is 11.5. The minimum Gasteiger partial charge on any atom is -0.493 e. The lowest BCUT2D eigenvalue weighted by Gasteiger charge is -2.21. The molecule has 3 aromatic carbocycles. The molecule has 0 aliphatic heterocycles. The molecule has 1 aliphatic carbocycles. The number of amides is 1. The number of nitrogens with zero attached hydrogens (tertiary/aromatic N) is 3. The number of methoxy groups -OCH3 is 2. The SMILES string of the molecule is COc1ccc(-c2ccc(NC(=O)C3(c4ccc(F)cc4)CC3(C)C)cc2-c2nn[nH]n2)cc1OC. The van der Waals surface area contributed by atoms with E-state index >= 15 is 0 Å². The van der Waals surface area contributed by atoms with Gasteiger partial charge in [0.2, 0.25) is 11.7 Å². The maximum absolute atomic E-state index is 13.6. The molecule has 1 aromatic heterocycles. The molecule has 0 radical (unpaired) electrons. The molecule has 9 heteroatoms. The molecule has 0 bridgehead atoms. The lowest BCUT2D eigenvalue weighted by Crippen LogP contribution is -2.32. The topological polar surface area (TPSA) is 102 Å². The van der Waals surface area contributed by atoms with Crippen LogP contribution in [0.15, 0.2) is 60.7 Å². The summed E-state index contributed by atoms with van der Waals surface area (Å²) in [5, 5.41) is 17.6. The molecule has 1 aliphatic rings. The molecule has 1 fully saturated rings. The van der Waals surface area contributed by atoms with Gasteiger partial charge in [0, 0.05) is 11.3 Å². The fourth-order valence-electron chi connectivity index (χ4n) is 4.94. The van der Waals surface area contributed by atoms with Crippen LogP contribution in [0.4, 0.5) is 10.1 Å². The largest absolute Gasteiger partial charge is 0.493 e. The van der Waals surface area contributed by atoms with Crippen LogP contribution in [0, 0.1) is 11.2 Å². The number of rotatable bonds is 7. The summed E-state index contributed by atoms with van der Waals surface area (Å²) in [4.78, 5) is 13.6. The van der Waals surface area contributed by atoms with Crippen molar-refractivity contribution in [1.29, 1.82) is 0 Å². The van der Waals surface area contributed by atoms with Gasteiger partial charge in [-0.2, -0.15) is 5.21 Å². The Balaban J connectivity index is 1.52. The molecular formula is C27H26FN5O3. The Morgan fingerprint density at radius 3 is 2.31 bits per heavy atom. The maximum atomic E-state index is 13.6. The summed E-state index contributed by atoms with van der Waals surface area (Å²) in [5.74, 6) is 1.12. The lowest BCUT2D eigenvalue weighted by molar-refractivity contribution is -0.119. The molecule has 2 N–H and O–H groups in total. The number of aromatic nitrogens is 4. The molecule has 184 valence electrons. The number of aromatic amines is 1. The standard InChI is InChI=1S/C27H26FN5O3/c1-26(2)15-27(26,17-6-8-18(28)9-7-17)25(34)29-19-10-11-20(21(14-19)24-30-32-33-31-24)16-5-12-22(35-3)23(13-16)36-4/h5-14H,15H2,1-4H3,(H,29,34)(H,30,31,32,33). The van der Waals surface area contributed by atoms with Gasteiger partial charge in [0.15, 0.2) is 11.5 Å². The van der Waals surface area contributed by atoms with E-state index in [0.29, 0.717) is 35.0 Å². The van der Waals surface area contributed by atoms with Gasteiger partial charge >= 0.3 is 0 Å². The summed E-state index contributed by atoms with van der Waals surface area (Å²) in [6.45, 7) is 4.09. The van der Waals surface area contributed by atoms with Crippen molar-refractivity contribution in [3.8, 4) is 34.0 Å². The number of carbonyl (C=O) groups is 1. The third-order valence-corrected chi connectivity index (χ3v) is 7.02. The average Bonchev–Trinajstić information content (AvgIpc) is 3.21. The van der Waals surface area contributed by atoms with Crippen molar-refractivity contribution in [3.05, 3.63) is 72.0 Å². The third-order valence-electron chi connectivity index (χ3n) is 7.02. The fourth-order valence-corrected chi connectivity index (χ4v) is 4.94. The highest BCUT2D eigenvalue weighted by atomic mass is 19.1. The van der Waals surface area contributed by atoms with Gasteiger partial charge in [-0.1, -0.05) is 38.1 Å². The van der Waals surface area contributed by atoms with Crippen molar-refractivity contribution in [2.45, 2.75) is 25.7 Å². The Morgan fingerprint density at radius 1 is 0.972 bits per heavy atom. The Hall–Kier alpha value is -4.27. The highest BCUT2D eigenvalue weighted by Gasteiger charge is 2.67. The summed E-state index contributed by atoms with van der Waals surface area (Å²) < 4.78 is 24.4. The minimum atomic E-state index is -0.741. The van der Waals surface area contributed by atoms with Crippen LogP contribution in [0.5, 0.6) is 11.5 Å². The molecule has 8 nitrogen and oxygen atoms in total. The number of tetrazole rings is 1. The Kier molecular flexibility index (Phi) is 5.70. The fraction of sp³-hybridized carbons (Fsp3) is 0.259.